The number of halogens is 1. The number of hydrogen-bond donors (Lipinski definition) is 2. The standard InChI is InChI=1S/C28H29ClO6/c1-2-32-21-11-8-17(9-12-21)14-20-15-19(10-13-22(20)29)26-24(30)25(31)27-23(34-26)16-33-28(35-27)18-6-4-3-5-7-18/h3-13,15,23-28,30-31H,2,14,16H2,1H3. The third kappa shape index (κ3) is 5.23. The molecule has 0 aliphatic carbocycles. The van der Waals surface area contributed by atoms with E-state index >= 15 is 0 Å². The normalized spacial score (nSPS) is 28.3. The van der Waals surface area contributed by atoms with Gasteiger partial charge in [-0.15, -0.1) is 0 Å². The average Bonchev–Trinajstić information content (AvgIpc) is 2.89. The van der Waals surface area contributed by atoms with E-state index in [-0.39, 0.29) is 6.61 Å². The van der Waals surface area contributed by atoms with Crippen LogP contribution in [0.1, 0.15) is 41.6 Å². The van der Waals surface area contributed by atoms with Crippen molar-refractivity contribution in [2.75, 3.05) is 13.2 Å². The van der Waals surface area contributed by atoms with Crippen molar-refractivity contribution in [2.45, 2.75) is 50.2 Å². The van der Waals surface area contributed by atoms with Gasteiger partial charge in [0.25, 0.3) is 0 Å². The summed E-state index contributed by atoms with van der Waals surface area (Å²) in [5.74, 6) is 0.824. The summed E-state index contributed by atoms with van der Waals surface area (Å²) in [5, 5.41) is 22.6. The van der Waals surface area contributed by atoms with E-state index in [1.165, 1.54) is 0 Å². The lowest BCUT2D eigenvalue weighted by Crippen LogP contribution is -2.59. The fourth-order valence-corrected chi connectivity index (χ4v) is 4.85. The molecule has 3 aromatic carbocycles. The molecule has 0 saturated carbocycles. The van der Waals surface area contributed by atoms with E-state index < -0.39 is 36.8 Å². The van der Waals surface area contributed by atoms with Gasteiger partial charge in [-0.2, -0.15) is 0 Å². The molecule has 0 aromatic heterocycles. The molecular weight excluding hydrogens is 468 g/mol. The molecule has 6 unspecified atom stereocenters. The highest BCUT2D eigenvalue weighted by Crippen LogP contribution is 2.39. The summed E-state index contributed by atoms with van der Waals surface area (Å²) >= 11 is 6.50. The van der Waals surface area contributed by atoms with Gasteiger partial charge in [0.15, 0.2) is 6.29 Å². The first-order chi connectivity index (χ1) is 17.0. The predicted octanol–water partition coefficient (Wildman–Crippen LogP) is 4.61. The first kappa shape index (κ1) is 24.3. The van der Waals surface area contributed by atoms with E-state index in [1.807, 2.05) is 73.7 Å². The minimum atomic E-state index is -1.16. The largest absolute Gasteiger partial charge is 0.494 e. The van der Waals surface area contributed by atoms with Gasteiger partial charge in [0.1, 0.15) is 36.3 Å². The van der Waals surface area contributed by atoms with E-state index in [9.17, 15) is 10.2 Å². The van der Waals surface area contributed by atoms with Crippen LogP contribution in [-0.2, 0) is 20.6 Å². The molecule has 2 saturated heterocycles. The number of rotatable bonds is 6. The Morgan fingerprint density at radius 3 is 2.43 bits per heavy atom. The Bertz CT molecular complexity index is 1120. The van der Waals surface area contributed by atoms with Crippen molar-refractivity contribution < 1.29 is 29.2 Å². The SMILES string of the molecule is CCOc1ccc(Cc2cc(C3OC4COC(c5ccccc5)OC4C(O)C3O)ccc2Cl)cc1. The summed E-state index contributed by atoms with van der Waals surface area (Å²) in [6, 6.07) is 23.0. The maximum absolute atomic E-state index is 11.0. The Morgan fingerprint density at radius 1 is 0.914 bits per heavy atom. The van der Waals surface area contributed by atoms with Gasteiger partial charge in [-0.05, 0) is 48.2 Å². The quantitative estimate of drug-likeness (QED) is 0.519. The van der Waals surface area contributed by atoms with Crippen molar-refractivity contribution in [1.29, 1.82) is 0 Å². The summed E-state index contributed by atoms with van der Waals surface area (Å²) in [6.45, 7) is 2.82. The fourth-order valence-electron chi connectivity index (χ4n) is 4.66. The smallest absolute Gasteiger partial charge is 0.184 e. The van der Waals surface area contributed by atoms with E-state index in [2.05, 4.69) is 0 Å². The Morgan fingerprint density at radius 2 is 1.69 bits per heavy atom. The molecule has 0 bridgehead atoms. The molecule has 184 valence electrons. The molecule has 3 aromatic rings. The number of aliphatic hydroxyl groups is 2. The molecule has 2 aliphatic rings. The van der Waals surface area contributed by atoms with Crippen LogP contribution in [-0.4, -0.2) is 47.8 Å². The van der Waals surface area contributed by atoms with Gasteiger partial charge in [0.2, 0.25) is 0 Å². The van der Waals surface area contributed by atoms with Crippen LogP contribution < -0.4 is 4.74 Å². The summed E-state index contributed by atoms with van der Waals surface area (Å²) in [6.07, 6.45) is -4.23. The Hall–Kier alpha value is -2.45. The maximum atomic E-state index is 11.0. The maximum Gasteiger partial charge on any atom is 0.184 e. The van der Waals surface area contributed by atoms with Gasteiger partial charge in [0, 0.05) is 10.6 Å². The second kappa shape index (κ2) is 10.7. The van der Waals surface area contributed by atoms with Crippen LogP contribution in [0.4, 0.5) is 0 Å². The summed E-state index contributed by atoms with van der Waals surface area (Å²) in [4.78, 5) is 0. The molecule has 7 heteroatoms. The van der Waals surface area contributed by atoms with Crippen LogP contribution in [0.3, 0.4) is 0 Å². The summed E-state index contributed by atoms with van der Waals surface area (Å²) in [5.41, 5.74) is 3.58. The second-order valence-electron chi connectivity index (χ2n) is 8.86. The molecule has 6 atom stereocenters. The van der Waals surface area contributed by atoms with Crippen LogP contribution >= 0.6 is 11.6 Å². The van der Waals surface area contributed by atoms with Crippen molar-refractivity contribution in [3.8, 4) is 5.75 Å². The minimum Gasteiger partial charge on any atom is -0.494 e. The van der Waals surface area contributed by atoms with E-state index in [1.54, 1.807) is 6.07 Å². The lowest BCUT2D eigenvalue weighted by atomic mass is 9.89. The van der Waals surface area contributed by atoms with Crippen LogP contribution in [0, 0.1) is 0 Å². The van der Waals surface area contributed by atoms with Gasteiger partial charge in [-0.25, -0.2) is 0 Å². The van der Waals surface area contributed by atoms with Gasteiger partial charge in [-0.1, -0.05) is 66.2 Å². The van der Waals surface area contributed by atoms with Crippen molar-refractivity contribution >= 4 is 11.6 Å². The number of fused-ring (bicyclic) bond motifs is 1. The molecule has 2 N–H and O–H groups in total. The van der Waals surface area contributed by atoms with Crippen LogP contribution in [0.5, 0.6) is 5.75 Å². The average molecular weight is 497 g/mol. The van der Waals surface area contributed by atoms with E-state index in [0.29, 0.717) is 18.1 Å². The number of hydrogen-bond acceptors (Lipinski definition) is 6. The number of benzene rings is 3. The fraction of sp³-hybridized carbons (Fsp3) is 0.357. The Labute approximate surface area is 210 Å². The Kier molecular flexibility index (Phi) is 7.39. The van der Waals surface area contributed by atoms with Crippen molar-refractivity contribution in [1.82, 2.24) is 0 Å². The predicted molar refractivity (Wildman–Crippen MR) is 132 cm³/mol. The molecule has 0 amide bonds. The molecule has 0 radical (unpaired) electrons. The third-order valence-corrected chi connectivity index (χ3v) is 6.84. The van der Waals surface area contributed by atoms with Gasteiger partial charge >= 0.3 is 0 Å². The molecule has 0 spiro atoms. The van der Waals surface area contributed by atoms with Crippen LogP contribution in [0.25, 0.3) is 0 Å². The van der Waals surface area contributed by atoms with E-state index in [4.69, 9.17) is 30.5 Å². The highest BCUT2D eigenvalue weighted by atomic mass is 35.5. The van der Waals surface area contributed by atoms with Crippen LogP contribution in [0.2, 0.25) is 5.02 Å². The monoisotopic (exact) mass is 496 g/mol. The lowest BCUT2D eigenvalue weighted by Gasteiger charge is -2.46. The molecule has 2 aliphatic heterocycles. The number of aliphatic hydroxyl groups excluding tert-OH is 2. The van der Waals surface area contributed by atoms with Gasteiger partial charge < -0.3 is 29.2 Å². The lowest BCUT2D eigenvalue weighted by molar-refractivity contribution is -0.330. The zero-order valence-electron chi connectivity index (χ0n) is 19.4. The van der Waals surface area contributed by atoms with Crippen molar-refractivity contribution in [3.63, 3.8) is 0 Å². The molecule has 5 rings (SSSR count). The summed E-state index contributed by atoms with van der Waals surface area (Å²) < 4.78 is 23.6. The van der Waals surface area contributed by atoms with Gasteiger partial charge in [0.05, 0.1) is 13.2 Å². The molecule has 2 fully saturated rings. The molecule has 2 heterocycles. The zero-order valence-corrected chi connectivity index (χ0v) is 20.2. The molecular formula is C28H29ClO6. The first-order valence-electron chi connectivity index (χ1n) is 11.9. The molecule has 6 nitrogen and oxygen atoms in total. The third-order valence-electron chi connectivity index (χ3n) is 6.48. The summed E-state index contributed by atoms with van der Waals surface area (Å²) in [7, 11) is 0. The van der Waals surface area contributed by atoms with E-state index in [0.717, 1.165) is 28.0 Å². The van der Waals surface area contributed by atoms with Crippen LogP contribution in [0.15, 0.2) is 72.8 Å². The Balaban J connectivity index is 1.32. The number of ether oxygens (including phenoxy) is 4. The first-order valence-corrected chi connectivity index (χ1v) is 12.2. The highest BCUT2D eigenvalue weighted by Gasteiger charge is 2.49. The topological polar surface area (TPSA) is 77.4 Å². The van der Waals surface area contributed by atoms with Crippen molar-refractivity contribution in [2.24, 2.45) is 0 Å². The van der Waals surface area contributed by atoms with Gasteiger partial charge in [-0.3, -0.25) is 0 Å². The minimum absolute atomic E-state index is 0.247. The molecule has 35 heavy (non-hydrogen) atoms. The van der Waals surface area contributed by atoms with Crippen molar-refractivity contribution in [3.05, 3.63) is 100 Å². The zero-order chi connectivity index (χ0) is 24.4. The highest BCUT2D eigenvalue weighted by molar-refractivity contribution is 6.31. The second-order valence-corrected chi connectivity index (χ2v) is 9.26.